The normalized spacial score (nSPS) is 14.4. The summed E-state index contributed by atoms with van der Waals surface area (Å²) in [5.74, 6) is -0.632. The Balaban J connectivity index is 5.12. The highest BCUT2D eigenvalue weighted by Gasteiger charge is 2.30. The predicted molar refractivity (Wildman–Crippen MR) is 363 cm³/mol. The summed E-state index contributed by atoms with van der Waals surface area (Å²) >= 11 is 0. The van der Waals surface area contributed by atoms with Gasteiger partial charge in [0.1, 0.15) is 19.3 Å². The molecule has 534 valence electrons. The minimum atomic E-state index is -4.95. The Bertz CT molecular complexity index is 1750. The van der Waals surface area contributed by atoms with Crippen LogP contribution in [0.4, 0.5) is 0 Å². The van der Waals surface area contributed by atoms with Crippen LogP contribution < -0.4 is 0 Å². The number of phosphoric ester groups is 2. The fraction of sp³-hybridized carbons (Fsp3) is 0.944. The molecule has 0 aromatic heterocycles. The van der Waals surface area contributed by atoms with Crippen molar-refractivity contribution in [2.75, 3.05) is 39.6 Å². The van der Waals surface area contributed by atoms with Crippen molar-refractivity contribution in [1.29, 1.82) is 0 Å². The minimum absolute atomic E-state index is 0.103. The lowest BCUT2D eigenvalue weighted by molar-refractivity contribution is -0.161. The lowest BCUT2D eigenvalue weighted by Crippen LogP contribution is -2.30. The van der Waals surface area contributed by atoms with Gasteiger partial charge in [-0.25, -0.2) is 9.13 Å². The Hall–Kier alpha value is -1.94. The molecule has 19 heteroatoms. The van der Waals surface area contributed by atoms with E-state index in [1.807, 2.05) is 0 Å². The second-order valence-electron chi connectivity index (χ2n) is 26.3. The molecule has 0 bridgehead atoms. The van der Waals surface area contributed by atoms with Crippen LogP contribution in [-0.2, 0) is 65.4 Å². The Labute approximate surface area is 549 Å². The molecule has 0 saturated heterocycles. The number of esters is 4. The van der Waals surface area contributed by atoms with Gasteiger partial charge in [-0.05, 0) is 37.5 Å². The summed E-state index contributed by atoms with van der Waals surface area (Å²) < 4.78 is 68.1. The number of hydrogen-bond acceptors (Lipinski definition) is 15. The molecule has 0 aliphatic heterocycles. The van der Waals surface area contributed by atoms with E-state index in [2.05, 4.69) is 41.5 Å². The number of carbonyl (C=O) groups is 4. The maximum atomic E-state index is 13.0. The summed E-state index contributed by atoms with van der Waals surface area (Å²) in [6, 6.07) is 0. The van der Waals surface area contributed by atoms with E-state index in [0.717, 1.165) is 102 Å². The molecule has 0 aromatic carbocycles. The quantitative estimate of drug-likeness (QED) is 0.0222. The van der Waals surface area contributed by atoms with E-state index < -0.39 is 97.5 Å². The van der Waals surface area contributed by atoms with Gasteiger partial charge in [-0.1, -0.05) is 311 Å². The van der Waals surface area contributed by atoms with Crippen LogP contribution in [0, 0.1) is 11.8 Å². The van der Waals surface area contributed by atoms with Crippen LogP contribution in [0.25, 0.3) is 0 Å². The Morgan fingerprint density at radius 3 is 0.844 bits per heavy atom. The molecule has 0 amide bonds. The maximum Gasteiger partial charge on any atom is 0.472 e. The van der Waals surface area contributed by atoms with Crippen molar-refractivity contribution in [3.8, 4) is 0 Å². The summed E-state index contributed by atoms with van der Waals surface area (Å²) in [7, 11) is -9.89. The second-order valence-corrected chi connectivity index (χ2v) is 29.3. The van der Waals surface area contributed by atoms with Crippen molar-refractivity contribution in [2.45, 2.75) is 381 Å². The van der Waals surface area contributed by atoms with Crippen LogP contribution in [-0.4, -0.2) is 96.7 Å². The third-order valence-electron chi connectivity index (χ3n) is 16.8. The predicted octanol–water partition coefficient (Wildman–Crippen LogP) is 20.4. The van der Waals surface area contributed by atoms with E-state index in [9.17, 15) is 43.2 Å². The molecule has 90 heavy (non-hydrogen) atoms. The molecule has 0 fully saturated rings. The standard InChI is InChI=1S/C71H138O17P2/c1-7-10-12-14-15-16-17-18-19-20-21-22-23-24-25-26-27-32-37-43-49-55-70(75)88-67(60-82-69(74)54-48-42-36-31-29-28-30-35-41-46-52-64(6)9-3)62-86-90(79,80)84-58-65(72)57-83-89(77,78)85-61-66(59-81-68(73)53-47-39-13-11-8-2)87-71(76)56-50-44-38-33-34-40-45-51-63(4)5/h63-67,72H,7-62H2,1-6H3,(H,77,78)(H,79,80)/t64?,65-,66+,67+/m0/s1. The number of unbranched alkanes of at least 4 members (excludes halogenated alkanes) is 39. The molecular formula is C71H138O17P2. The zero-order valence-electron chi connectivity index (χ0n) is 58.4. The van der Waals surface area contributed by atoms with Gasteiger partial charge in [0.15, 0.2) is 12.2 Å². The van der Waals surface area contributed by atoms with Crippen molar-refractivity contribution in [1.82, 2.24) is 0 Å². The Morgan fingerprint density at radius 1 is 0.322 bits per heavy atom. The SMILES string of the molecule is CCCCCCCCCCCCCCCCCCCCCCCC(=O)O[C@H](COC(=O)CCCCCCCCCCCCC(C)CC)COP(=O)(O)OC[C@@H](O)COP(=O)(O)OC[C@@H](COC(=O)CCCCCCC)OC(=O)CCCCCCCCCC(C)C. The fourth-order valence-corrected chi connectivity index (χ4v) is 12.3. The van der Waals surface area contributed by atoms with Gasteiger partial charge in [-0.2, -0.15) is 0 Å². The lowest BCUT2D eigenvalue weighted by atomic mass is 9.99. The van der Waals surface area contributed by atoms with E-state index in [4.69, 9.17) is 37.0 Å². The third-order valence-corrected chi connectivity index (χ3v) is 18.7. The van der Waals surface area contributed by atoms with Crippen LogP contribution in [0.1, 0.15) is 363 Å². The van der Waals surface area contributed by atoms with Gasteiger partial charge >= 0.3 is 39.5 Å². The number of aliphatic hydroxyl groups is 1. The van der Waals surface area contributed by atoms with Crippen molar-refractivity contribution in [3.05, 3.63) is 0 Å². The minimum Gasteiger partial charge on any atom is -0.462 e. The van der Waals surface area contributed by atoms with E-state index >= 15 is 0 Å². The van der Waals surface area contributed by atoms with Gasteiger partial charge in [0.05, 0.1) is 26.4 Å². The largest absolute Gasteiger partial charge is 0.472 e. The van der Waals surface area contributed by atoms with E-state index in [1.54, 1.807) is 0 Å². The zero-order valence-corrected chi connectivity index (χ0v) is 60.2. The van der Waals surface area contributed by atoms with Crippen molar-refractivity contribution in [2.24, 2.45) is 11.8 Å². The molecule has 0 heterocycles. The number of phosphoric acid groups is 2. The molecular weight excluding hydrogens is 1190 g/mol. The first-order chi connectivity index (χ1) is 43.4. The summed E-state index contributed by atoms with van der Waals surface area (Å²) in [5.41, 5.74) is 0. The molecule has 0 radical (unpaired) electrons. The molecule has 0 aliphatic rings. The lowest BCUT2D eigenvalue weighted by Gasteiger charge is -2.21. The number of ether oxygens (including phenoxy) is 4. The van der Waals surface area contributed by atoms with E-state index in [1.165, 1.54) is 173 Å². The topological polar surface area (TPSA) is 237 Å². The number of aliphatic hydroxyl groups excluding tert-OH is 1. The molecule has 17 nitrogen and oxygen atoms in total. The van der Waals surface area contributed by atoms with Gasteiger partial charge < -0.3 is 33.8 Å². The monoisotopic (exact) mass is 1320 g/mol. The Kier molecular flexibility index (Phi) is 61.8. The van der Waals surface area contributed by atoms with Crippen LogP contribution in [0.2, 0.25) is 0 Å². The average Bonchev–Trinajstić information content (AvgIpc) is 3.40. The van der Waals surface area contributed by atoms with Crippen LogP contribution >= 0.6 is 15.6 Å². The third kappa shape index (κ3) is 63.5. The van der Waals surface area contributed by atoms with E-state index in [0.29, 0.717) is 31.6 Å². The highest BCUT2D eigenvalue weighted by Crippen LogP contribution is 2.45. The molecule has 0 aliphatic carbocycles. The smallest absolute Gasteiger partial charge is 0.462 e. The van der Waals surface area contributed by atoms with Gasteiger partial charge in [0.25, 0.3) is 0 Å². The maximum absolute atomic E-state index is 13.0. The van der Waals surface area contributed by atoms with Crippen LogP contribution in [0.3, 0.4) is 0 Å². The summed E-state index contributed by atoms with van der Waals surface area (Å²) in [5, 5.41) is 10.6. The highest BCUT2D eigenvalue weighted by molar-refractivity contribution is 7.47. The molecule has 3 unspecified atom stereocenters. The number of rotatable bonds is 70. The molecule has 6 atom stereocenters. The van der Waals surface area contributed by atoms with Gasteiger partial charge in [-0.3, -0.25) is 37.3 Å². The zero-order chi connectivity index (χ0) is 66.5. The Morgan fingerprint density at radius 2 is 0.567 bits per heavy atom. The molecule has 0 aromatic rings. The first-order valence-electron chi connectivity index (χ1n) is 37.0. The van der Waals surface area contributed by atoms with Gasteiger partial charge in [-0.15, -0.1) is 0 Å². The van der Waals surface area contributed by atoms with Crippen molar-refractivity contribution < 1.29 is 80.2 Å². The van der Waals surface area contributed by atoms with Gasteiger partial charge in [0.2, 0.25) is 0 Å². The van der Waals surface area contributed by atoms with Crippen molar-refractivity contribution >= 4 is 39.5 Å². The van der Waals surface area contributed by atoms with E-state index in [-0.39, 0.29) is 25.7 Å². The average molecular weight is 1330 g/mol. The summed E-state index contributed by atoms with van der Waals surface area (Å²) in [6.07, 6.45) is 49.2. The molecule has 0 rings (SSSR count). The van der Waals surface area contributed by atoms with Gasteiger partial charge in [0, 0.05) is 25.7 Å². The van der Waals surface area contributed by atoms with Crippen LogP contribution in [0.5, 0.6) is 0 Å². The summed E-state index contributed by atoms with van der Waals surface area (Å²) in [6.45, 7) is 9.42. The molecule has 3 N–H and O–H groups in total. The van der Waals surface area contributed by atoms with Crippen LogP contribution in [0.15, 0.2) is 0 Å². The number of carbonyl (C=O) groups excluding carboxylic acids is 4. The molecule has 0 saturated carbocycles. The first-order valence-corrected chi connectivity index (χ1v) is 40.0. The highest BCUT2D eigenvalue weighted by atomic mass is 31.2. The fourth-order valence-electron chi connectivity index (χ4n) is 10.7. The second kappa shape index (κ2) is 63.1. The summed E-state index contributed by atoms with van der Waals surface area (Å²) in [4.78, 5) is 72.2. The van der Waals surface area contributed by atoms with Crippen molar-refractivity contribution in [3.63, 3.8) is 0 Å². The molecule has 0 spiro atoms. The first kappa shape index (κ1) is 88.1. The number of hydrogen-bond donors (Lipinski definition) is 3.